The summed E-state index contributed by atoms with van der Waals surface area (Å²) in [6.45, 7) is 0. The van der Waals surface area contributed by atoms with Crippen molar-refractivity contribution >= 4 is 57.9 Å². The number of carbonyl (C=O) groups is 2. The van der Waals surface area contributed by atoms with Crippen LogP contribution < -0.4 is 10.6 Å². The quantitative estimate of drug-likeness (QED) is 0.400. The van der Waals surface area contributed by atoms with Crippen molar-refractivity contribution in [1.29, 1.82) is 0 Å². The van der Waals surface area contributed by atoms with E-state index in [4.69, 9.17) is 23.2 Å². The molecule has 0 radical (unpaired) electrons. The Labute approximate surface area is 170 Å². The van der Waals surface area contributed by atoms with Crippen molar-refractivity contribution in [2.45, 2.75) is 0 Å². The van der Waals surface area contributed by atoms with Crippen LogP contribution >= 0.6 is 23.2 Å². The molecular weight excluding hydrogens is 403 g/mol. The fourth-order valence-corrected chi connectivity index (χ4v) is 2.93. The van der Waals surface area contributed by atoms with Crippen LogP contribution in [0.15, 0.2) is 60.7 Å². The maximum absolute atomic E-state index is 11.5. The summed E-state index contributed by atoms with van der Waals surface area (Å²) >= 11 is 12.3. The highest BCUT2D eigenvalue weighted by atomic mass is 35.5. The molecule has 0 aromatic heterocycles. The van der Waals surface area contributed by atoms with Gasteiger partial charge in [0.1, 0.15) is 0 Å². The van der Waals surface area contributed by atoms with Crippen LogP contribution in [0.2, 0.25) is 10.0 Å². The molecule has 0 unspecified atom stereocenters. The molecule has 28 heavy (non-hydrogen) atoms. The molecule has 8 heteroatoms. The number of nitrogens with one attached hydrogen (secondary N) is 2. The van der Waals surface area contributed by atoms with Gasteiger partial charge in [-0.25, -0.2) is 9.59 Å². The smallest absolute Gasteiger partial charge is 0.337 e. The fourth-order valence-electron chi connectivity index (χ4n) is 2.60. The number of aromatic carboxylic acids is 2. The number of carboxylic acid groups (broad SMARTS) is 2. The number of hydrogen-bond acceptors (Lipinski definition) is 4. The van der Waals surface area contributed by atoms with Gasteiger partial charge < -0.3 is 20.8 Å². The highest BCUT2D eigenvalue weighted by Crippen LogP contribution is 2.37. The molecule has 0 saturated heterocycles. The van der Waals surface area contributed by atoms with Crippen LogP contribution in [0.4, 0.5) is 22.7 Å². The number of rotatable bonds is 6. The standard InChI is InChI=1S/C20H14Cl2N2O4/c21-13-9-17(23-15-7-3-1-5-11(15)19(25)26)18(10-14(13)22)24-16-8-4-2-6-12(16)20(27)28/h1-10,23-24H,(H,25,26)(H,27,28). The predicted molar refractivity (Wildman–Crippen MR) is 110 cm³/mol. The zero-order chi connectivity index (χ0) is 20.3. The Morgan fingerprint density at radius 3 is 1.36 bits per heavy atom. The minimum atomic E-state index is -1.09. The van der Waals surface area contributed by atoms with Crippen LogP contribution in [-0.2, 0) is 0 Å². The molecule has 3 aromatic rings. The van der Waals surface area contributed by atoms with Gasteiger partial charge in [0.25, 0.3) is 0 Å². The fraction of sp³-hybridized carbons (Fsp3) is 0. The van der Waals surface area contributed by atoms with Crippen molar-refractivity contribution in [3.8, 4) is 0 Å². The molecular formula is C20H14Cl2N2O4. The number of carboxylic acids is 2. The molecule has 6 nitrogen and oxygen atoms in total. The molecule has 0 spiro atoms. The van der Waals surface area contributed by atoms with Crippen LogP contribution in [0.3, 0.4) is 0 Å². The average molecular weight is 417 g/mol. The zero-order valence-corrected chi connectivity index (χ0v) is 15.8. The van der Waals surface area contributed by atoms with Crippen LogP contribution in [0, 0.1) is 0 Å². The molecule has 0 atom stereocenters. The monoisotopic (exact) mass is 416 g/mol. The largest absolute Gasteiger partial charge is 0.478 e. The Morgan fingerprint density at radius 2 is 1.00 bits per heavy atom. The lowest BCUT2D eigenvalue weighted by Gasteiger charge is -2.17. The van der Waals surface area contributed by atoms with Gasteiger partial charge in [-0.3, -0.25) is 0 Å². The average Bonchev–Trinajstić information content (AvgIpc) is 2.66. The van der Waals surface area contributed by atoms with Gasteiger partial charge in [0.2, 0.25) is 0 Å². The Hall–Kier alpha value is -3.22. The third kappa shape index (κ3) is 4.19. The van der Waals surface area contributed by atoms with E-state index in [1.165, 1.54) is 24.3 Å². The lowest BCUT2D eigenvalue weighted by Crippen LogP contribution is -2.06. The third-order valence-corrected chi connectivity index (χ3v) is 4.64. The van der Waals surface area contributed by atoms with Gasteiger partial charge >= 0.3 is 11.9 Å². The summed E-state index contributed by atoms with van der Waals surface area (Å²) in [7, 11) is 0. The van der Waals surface area contributed by atoms with E-state index in [1.54, 1.807) is 36.4 Å². The minimum absolute atomic E-state index is 0.0745. The first-order valence-corrected chi connectivity index (χ1v) is 8.80. The maximum Gasteiger partial charge on any atom is 0.337 e. The maximum atomic E-state index is 11.5. The number of para-hydroxylation sites is 2. The summed E-state index contributed by atoms with van der Waals surface area (Å²) in [5.41, 5.74) is 1.72. The van der Waals surface area contributed by atoms with Crippen LogP contribution in [0.5, 0.6) is 0 Å². The summed E-state index contributed by atoms with van der Waals surface area (Å²) < 4.78 is 0. The van der Waals surface area contributed by atoms with Gasteiger partial charge in [0.15, 0.2) is 0 Å². The second kappa shape index (κ2) is 8.21. The van der Waals surface area contributed by atoms with Crippen molar-refractivity contribution in [1.82, 2.24) is 0 Å². The third-order valence-electron chi connectivity index (χ3n) is 3.91. The van der Waals surface area contributed by atoms with Crippen LogP contribution in [0.1, 0.15) is 20.7 Å². The highest BCUT2D eigenvalue weighted by Gasteiger charge is 2.15. The Kier molecular flexibility index (Phi) is 5.73. The van der Waals surface area contributed by atoms with Crippen LogP contribution in [0.25, 0.3) is 0 Å². The molecule has 0 aliphatic heterocycles. The van der Waals surface area contributed by atoms with Gasteiger partial charge in [-0.2, -0.15) is 0 Å². The van der Waals surface area contributed by atoms with E-state index in [1.807, 2.05) is 0 Å². The lowest BCUT2D eigenvalue weighted by molar-refractivity contribution is 0.0687. The minimum Gasteiger partial charge on any atom is -0.478 e. The molecule has 142 valence electrons. The van der Waals surface area contributed by atoms with Gasteiger partial charge in [-0.15, -0.1) is 0 Å². The van der Waals surface area contributed by atoms with Crippen molar-refractivity contribution in [3.63, 3.8) is 0 Å². The molecule has 0 heterocycles. The molecule has 0 amide bonds. The molecule has 3 rings (SSSR count). The van der Waals surface area contributed by atoms with E-state index in [2.05, 4.69) is 10.6 Å². The Balaban J connectivity index is 2.06. The van der Waals surface area contributed by atoms with E-state index >= 15 is 0 Å². The van der Waals surface area contributed by atoms with Gasteiger partial charge in [0, 0.05) is 0 Å². The normalized spacial score (nSPS) is 10.4. The summed E-state index contributed by atoms with van der Waals surface area (Å²) in [5, 5.41) is 25.3. The van der Waals surface area contributed by atoms with Gasteiger partial charge in [0.05, 0.1) is 43.9 Å². The van der Waals surface area contributed by atoms with Crippen molar-refractivity contribution in [2.75, 3.05) is 10.6 Å². The highest BCUT2D eigenvalue weighted by molar-refractivity contribution is 6.42. The molecule has 0 bridgehead atoms. The van der Waals surface area contributed by atoms with Crippen molar-refractivity contribution < 1.29 is 19.8 Å². The lowest BCUT2D eigenvalue weighted by atomic mass is 10.1. The van der Waals surface area contributed by atoms with E-state index in [9.17, 15) is 19.8 Å². The zero-order valence-electron chi connectivity index (χ0n) is 14.2. The molecule has 0 aliphatic rings. The summed E-state index contributed by atoms with van der Waals surface area (Å²) in [4.78, 5) is 22.9. The number of halogens is 2. The topological polar surface area (TPSA) is 98.7 Å². The predicted octanol–water partition coefficient (Wildman–Crippen LogP) is 5.88. The number of anilines is 4. The summed E-state index contributed by atoms with van der Waals surface area (Å²) in [6, 6.07) is 15.9. The van der Waals surface area contributed by atoms with Crippen LogP contribution in [-0.4, -0.2) is 22.2 Å². The van der Waals surface area contributed by atoms with E-state index in [-0.39, 0.29) is 21.2 Å². The molecule has 4 N–H and O–H groups in total. The van der Waals surface area contributed by atoms with Gasteiger partial charge in [-0.1, -0.05) is 47.5 Å². The van der Waals surface area contributed by atoms with E-state index in [0.717, 1.165) is 0 Å². The van der Waals surface area contributed by atoms with Crippen molar-refractivity contribution in [2.24, 2.45) is 0 Å². The first kappa shape index (κ1) is 19.5. The van der Waals surface area contributed by atoms with E-state index < -0.39 is 11.9 Å². The number of hydrogen-bond donors (Lipinski definition) is 4. The Morgan fingerprint density at radius 1 is 0.643 bits per heavy atom. The summed E-state index contributed by atoms with van der Waals surface area (Å²) in [5.74, 6) is -2.18. The van der Waals surface area contributed by atoms with Gasteiger partial charge in [-0.05, 0) is 36.4 Å². The molecule has 0 fully saturated rings. The first-order chi connectivity index (χ1) is 13.4. The summed E-state index contributed by atoms with van der Waals surface area (Å²) in [6.07, 6.45) is 0. The van der Waals surface area contributed by atoms with Crippen molar-refractivity contribution in [3.05, 3.63) is 81.8 Å². The van der Waals surface area contributed by atoms with E-state index in [0.29, 0.717) is 22.7 Å². The second-order valence-corrected chi connectivity index (χ2v) is 6.58. The SMILES string of the molecule is O=C(O)c1ccccc1Nc1cc(Cl)c(Cl)cc1Nc1ccccc1C(=O)O. The Bertz CT molecular complexity index is 985. The number of benzene rings is 3. The molecule has 0 saturated carbocycles. The first-order valence-electron chi connectivity index (χ1n) is 8.04. The molecule has 0 aliphatic carbocycles. The second-order valence-electron chi connectivity index (χ2n) is 5.76. The molecule has 3 aromatic carbocycles.